The fourth-order valence-electron chi connectivity index (χ4n) is 4.82. The van der Waals surface area contributed by atoms with Crippen LogP contribution in [0.25, 0.3) is 11.0 Å². The molecule has 2 saturated heterocycles. The highest BCUT2D eigenvalue weighted by atomic mass is 16.5. The van der Waals surface area contributed by atoms with Crippen LogP contribution >= 0.6 is 0 Å². The number of piperazine rings is 1. The van der Waals surface area contributed by atoms with Crippen molar-refractivity contribution in [2.24, 2.45) is 5.92 Å². The minimum absolute atomic E-state index is 0.0241. The van der Waals surface area contributed by atoms with E-state index in [1.165, 1.54) is 0 Å². The van der Waals surface area contributed by atoms with Gasteiger partial charge in [-0.2, -0.15) is 0 Å². The average Bonchev–Trinajstić information content (AvgIpc) is 3.26. The molecule has 3 aromatic rings. The van der Waals surface area contributed by atoms with Crippen LogP contribution in [0.1, 0.15) is 18.4 Å². The van der Waals surface area contributed by atoms with Gasteiger partial charge in [-0.3, -0.25) is 4.90 Å². The fraction of sp³-hybridized carbons (Fsp3) is 0.458. The second-order valence-corrected chi connectivity index (χ2v) is 8.53. The van der Waals surface area contributed by atoms with Gasteiger partial charge in [0, 0.05) is 44.2 Å². The Labute approximate surface area is 182 Å². The number of aliphatic hydroxyl groups is 1. The van der Waals surface area contributed by atoms with Gasteiger partial charge in [-0.25, -0.2) is 0 Å². The standard InChI is InChI=1S/C24H29N3O4/c1-29-20-10-18(15-28)11-21(12-20)30-16-17-6-7-19-14-27(9-8-26(19)13-17)24-22-4-2-3-5-23(22)31-25-24/h2-5,10-12,17,19,28H,6-9,13-16H2,1H3/t17-,19-/m1/s1. The summed E-state index contributed by atoms with van der Waals surface area (Å²) in [6, 6.07) is 14.2. The van der Waals surface area contributed by atoms with Gasteiger partial charge in [0.2, 0.25) is 0 Å². The molecular weight excluding hydrogens is 394 g/mol. The summed E-state index contributed by atoms with van der Waals surface area (Å²) in [5.74, 6) is 2.94. The lowest BCUT2D eigenvalue weighted by atomic mass is 9.91. The third-order valence-electron chi connectivity index (χ3n) is 6.51. The molecule has 0 amide bonds. The van der Waals surface area contributed by atoms with E-state index >= 15 is 0 Å². The van der Waals surface area contributed by atoms with E-state index in [2.05, 4.69) is 21.0 Å². The molecule has 1 aromatic heterocycles. The number of para-hydroxylation sites is 1. The molecule has 7 heteroatoms. The van der Waals surface area contributed by atoms with E-state index in [4.69, 9.17) is 14.0 Å². The number of nitrogens with zero attached hydrogens (tertiary/aromatic N) is 3. The van der Waals surface area contributed by atoms with Gasteiger partial charge in [-0.1, -0.05) is 17.3 Å². The van der Waals surface area contributed by atoms with E-state index in [1.54, 1.807) is 7.11 Å². The number of hydrogen-bond acceptors (Lipinski definition) is 7. The first-order valence-corrected chi connectivity index (χ1v) is 11.0. The number of piperidine rings is 1. The number of anilines is 1. The van der Waals surface area contributed by atoms with Crippen molar-refractivity contribution in [3.05, 3.63) is 48.0 Å². The molecule has 2 aliphatic rings. The molecule has 0 bridgehead atoms. The molecule has 0 aliphatic carbocycles. The van der Waals surface area contributed by atoms with E-state index in [1.807, 2.05) is 36.4 Å². The molecule has 0 spiro atoms. The van der Waals surface area contributed by atoms with Crippen molar-refractivity contribution in [3.63, 3.8) is 0 Å². The second kappa shape index (κ2) is 8.77. The van der Waals surface area contributed by atoms with Gasteiger partial charge in [0.15, 0.2) is 11.4 Å². The molecule has 2 fully saturated rings. The molecular formula is C24H29N3O4. The summed E-state index contributed by atoms with van der Waals surface area (Å²) in [6.45, 7) is 4.67. The number of aliphatic hydroxyl groups excluding tert-OH is 1. The minimum atomic E-state index is -0.0241. The Hall–Kier alpha value is -2.77. The SMILES string of the molecule is COc1cc(CO)cc(OC[C@@H]2CC[C@@H]3CN(c4noc5ccccc45)CCN3C2)c1. The Morgan fingerprint density at radius 3 is 2.84 bits per heavy atom. The molecule has 2 atom stereocenters. The van der Waals surface area contributed by atoms with Gasteiger partial charge in [-0.15, -0.1) is 0 Å². The summed E-state index contributed by atoms with van der Waals surface area (Å²) in [6.07, 6.45) is 2.30. The van der Waals surface area contributed by atoms with Gasteiger partial charge in [0.25, 0.3) is 0 Å². The predicted octanol–water partition coefficient (Wildman–Crippen LogP) is 3.31. The van der Waals surface area contributed by atoms with Gasteiger partial charge in [0.1, 0.15) is 11.5 Å². The lowest BCUT2D eigenvalue weighted by Crippen LogP contribution is -2.57. The molecule has 0 radical (unpaired) electrons. The van der Waals surface area contributed by atoms with Crippen LogP contribution in [-0.4, -0.2) is 61.1 Å². The summed E-state index contributed by atoms with van der Waals surface area (Å²) in [5, 5.41) is 14.9. The summed E-state index contributed by atoms with van der Waals surface area (Å²) in [7, 11) is 1.63. The zero-order chi connectivity index (χ0) is 21.2. The van der Waals surface area contributed by atoms with Crippen LogP contribution in [0.4, 0.5) is 5.82 Å². The van der Waals surface area contributed by atoms with Crippen LogP contribution in [0.15, 0.2) is 47.0 Å². The fourth-order valence-corrected chi connectivity index (χ4v) is 4.82. The molecule has 3 heterocycles. The number of aromatic nitrogens is 1. The second-order valence-electron chi connectivity index (χ2n) is 8.53. The van der Waals surface area contributed by atoms with Crippen molar-refractivity contribution in [1.82, 2.24) is 10.1 Å². The first-order valence-electron chi connectivity index (χ1n) is 11.0. The maximum Gasteiger partial charge on any atom is 0.180 e. The highest BCUT2D eigenvalue weighted by Crippen LogP contribution is 2.31. The summed E-state index contributed by atoms with van der Waals surface area (Å²) < 4.78 is 16.9. The van der Waals surface area contributed by atoms with Crippen LogP contribution < -0.4 is 14.4 Å². The molecule has 2 aromatic carbocycles. The van der Waals surface area contributed by atoms with E-state index in [0.717, 1.165) is 67.1 Å². The van der Waals surface area contributed by atoms with Crippen LogP contribution in [0.3, 0.4) is 0 Å². The van der Waals surface area contributed by atoms with Crippen molar-refractivity contribution in [3.8, 4) is 11.5 Å². The van der Waals surface area contributed by atoms with E-state index < -0.39 is 0 Å². The van der Waals surface area contributed by atoms with Crippen molar-refractivity contribution in [2.75, 3.05) is 44.8 Å². The summed E-state index contributed by atoms with van der Waals surface area (Å²) in [5.41, 5.74) is 1.65. The third-order valence-corrected chi connectivity index (χ3v) is 6.51. The number of fused-ring (bicyclic) bond motifs is 2. The maximum absolute atomic E-state index is 9.44. The van der Waals surface area contributed by atoms with Crippen LogP contribution in [0.2, 0.25) is 0 Å². The van der Waals surface area contributed by atoms with Gasteiger partial charge in [-0.05, 0) is 42.7 Å². The Kier molecular flexibility index (Phi) is 5.70. The Bertz CT molecular complexity index is 1010. The molecule has 7 nitrogen and oxygen atoms in total. The first-order chi connectivity index (χ1) is 15.2. The summed E-state index contributed by atoms with van der Waals surface area (Å²) in [4.78, 5) is 4.97. The van der Waals surface area contributed by atoms with E-state index in [9.17, 15) is 5.11 Å². The molecule has 2 aliphatic heterocycles. The Morgan fingerprint density at radius 2 is 1.97 bits per heavy atom. The zero-order valence-corrected chi connectivity index (χ0v) is 17.9. The van der Waals surface area contributed by atoms with Crippen LogP contribution in [-0.2, 0) is 6.61 Å². The third kappa shape index (κ3) is 4.20. The number of methoxy groups -OCH3 is 1. The number of benzene rings is 2. The molecule has 164 valence electrons. The van der Waals surface area contributed by atoms with Crippen molar-refractivity contribution in [2.45, 2.75) is 25.5 Å². The Morgan fingerprint density at radius 1 is 1.10 bits per heavy atom. The van der Waals surface area contributed by atoms with E-state index in [-0.39, 0.29) is 6.61 Å². The quantitative estimate of drug-likeness (QED) is 0.652. The lowest BCUT2D eigenvalue weighted by molar-refractivity contribution is 0.0726. The normalized spacial score (nSPS) is 21.8. The largest absolute Gasteiger partial charge is 0.497 e. The molecule has 5 rings (SSSR count). The maximum atomic E-state index is 9.44. The smallest absolute Gasteiger partial charge is 0.180 e. The van der Waals surface area contributed by atoms with Crippen molar-refractivity contribution >= 4 is 16.8 Å². The highest BCUT2D eigenvalue weighted by Gasteiger charge is 2.34. The number of rotatable bonds is 6. The summed E-state index contributed by atoms with van der Waals surface area (Å²) >= 11 is 0. The van der Waals surface area contributed by atoms with E-state index in [0.29, 0.717) is 24.3 Å². The average molecular weight is 424 g/mol. The van der Waals surface area contributed by atoms with Crippen LogP contribution in [0, 0.1) is 5.92 Å². The van der Waals surface area contributed by atoms with Gasteiger partial charge >= 0.3 is 0 Å². The Balaban J connectivity index is 1.18. The minimum Gasteiger partial charge on any atom is -0.497 e. The molecule has 0 unspecified atom stereocenters. The topological polar surface area (TPSA) is 71.2 Å². The predicted molar refractivity (Wildman–Crippen MR) is 119 cm³/mol. The number of hydrogen-bond donors (Lipinski definition) is 1. The van der Waals surface area contributed by atoms with Crippen molar-refractivity contribution in [1.29, 1.82) is 0 Å². The zero-order valence-electron chi connectivity index (χ0n) is 17.9. The van der Waals surface area contributed by atoms with Gasteiger partial charge < -0.3 is 24.0 Å². The van der Waals surface area contributed by atoms with Crippen molar-refractivity contribution < 1.29 is 19.1 Å². The molecule has 1 N–H and O–H groups in total. The monoisotopic (exact) mass is 423 g/mol. The molecule has 31 heavy (non-hydrogen) atoms. The lowest BCUT2D eigenvalue weighted by Gasteiger charge is -2.46. The highest BCUT2D eigenvalue weighted by molar-refractivity contribution is 5.88. The number of ether oxygens (including phenoxy) is 2. The first kappa shape index (κ1) is 20.2. The molecule has 0 saturated carbocycles. The van der Waals surface area contributed by atoms with Gasteiger partial charge in [0.05, 0.1) is 25.7 Å². The van der Waals surface area contributed by atoms with Crippen LogP contribution in [0.5, 0.6) is 11.5 Å².